The van der Waals surface area contributed by atoms with Crippen molar-refractivity contribution in [2.45, 2.75) is 20.4 Å². The first-order chi connectivity index (χ1) is 9.60. The monoisotopic (exact) mass is 289 g/mol. The fourth-order valence-corrected chi connectivity index (χ4v) is 2.54. The summed E-state index contributed by atoms with van der Waals surface area (Å²) in [4.78, 5) is 17.5. The molecular weight excluding hydrogens is 274 g/mol. The van der Waals surface area contributed by atoms with Crippen LogP contribution in [0.3, 0.4) is 0 Å². The molecule has 0 aliphatic heterocycles. The Morgan fingerprint density at radius 1 is 1.55 bits per heavy atom. The first-order valence-electron chi connectivity index (χ1n) is 6.09. The molecule has 0 saturated heterocycles. The van der Waals surface area contributed by atoms with Crippen molar-refractivity contribution in [2.75, 3.05) is 6.54 Å². The molecule has 0 fully saturated rings. The van der Waals surface area contributed by atoms with Crippen LogP contribution < -0.4 is 11.1 Å². The maximum Gasteiger partial charge on any atom is 0.261 e. The molecule has 0 radical (unpaired) electrons. The molecule has 6 heteroatoms. The summed E-state index contributed by atoms with van der Waals surface area (Å²) in [6, 6.07) is 1.82. The molecule has 0 saturated carbocycles. The lowest BCUT2D eigenvalue weighted by Crippen LogP contribution is -2.21. The van der Waals surface area contributed by atoms with Gasteiger partial charge in [-0.2, -0.15) is 0 Å². The van der Waals surface area contributed by atoms with E-state index < -0.39 is 0 Å². The van der Waals surface area contributed by atoms with E-state index in [1.54, 1.807) is 6.20 Å². The van der Waals surface area contributed by atoms with Gasteiger partial charge in [-0.05, 0) is 25.5 Å². The average molecular weight is 289 g/mol. The van der Waals surface area contributed by atoms with Gasteiger partial charge in [0.25, 0.3) is 5.91 Å². The van der Waals surface area contributed by atoms with Crippen LogP contribution in [0.2, 0.25) is 0 Å². The number of nitrogens with two attached hydrogens (primary N) is 1. The fourth-order valence-electron chi connectivity index (χ4n) is 1.58. The second-order valence-corrected chi connectivity index (χ2v) is 5.23. The highest BCUT2D eigenvalue weighted by Gasteiger charge is 2.12. The normalized spacial score (nSPS) is 9.95. The molecule has 3 N–H and O–H groups in total. The zero-order valence-electron chi connectivity index (χ0n) is 11.3. The average Bonchev–Trinajstić information content (AvgIpc) is 3.00. The summed E-state index contributed by atoms with van der Waals surface area (Å²) in [5.74, 6) is 6.81. The lowest BCUT2D eigenvalue weighted by molar-refractivity contribution is 0.0951. The number of aromatic nitrogens is 1. The molecule has 5 nitrogen and oxygen atoms in total. The summed E-state index contributed by atoms with van der Waals surface area (Å²) < 4.78 is 5.29. The van der Waals surface area contributed by atoms with Gasteiger partial charge in [-0.1, -0.05) is 11.8 Å². The molecule has 0 aromatic carbocycles. The number of aryl methyl sites for hydroxylation is 2. The van der Waals surface area contributed by atoms with Crippen LogP contribution in [-0.2, 0) is 6.54 Å². The van der Waals surface area contributed by atoms with E-state index in [1.807, 2.05) is 19.9 Å². The van der Waals surface area contributed by atoms with Gasteiger partial charge in [0.05, 0.1) is 29.0 Å². The Hall–Kier alpha value is -2.10. The lowest BCUT2D eigenvalue weighted by atomic mass is 10.2. The minimum absolute atomic E-state index is 0.158. The molecule has 2 heterocycles. The Kier molecular flexibility index (Phi) is 4.56. The van der Waals surface area contributed by atoms with E-state index in [0.29, 0.717) is 17.3 Å². The zero-order valence-corrected chi connectivity index (χ0v) is 12.1. The summed E-state index contributed by atoms with van der Waals surface area (Å²) >= 11 is 1.36. The number of rotatable bonds is 3. The summed E-state index contributed by atoms with van der Waals surface area (Å²) in [6.45, 7) is 4.31. The third kappa shape index (κ3) is 3.47. The SMILES string of the molecule is Cc1cnc(CNC(=O)c2cc(C)c(C#CCN)s2)o1. The number of nitrogens with one attached hydrogen (secondary N) is 1. The van der Waals surface area contributed by atoms with Gasteiger partial charge in [-0.25, -0.2) is 4.98 Å². The number of carbonyl (C=O) groups is 1. The van der Waals surface area contributed by atoms with Crippen molar-refractivity contribution in [3.05, 3.63) is 39.2 Å². The Morgan fingerprint density at radius 2 is 2.35 bits per heavy atom. The summed E-state index contributed by atoms with van der Waals surface area (Å²) in [7, 11) is 0. The molecule has 1 amide bonds. The number of carbonyl (C=O) groups excluding carboxylic acids is 1. The standard InChI is InChI=1S/C14H15N3O2S/c1-9-6-12(20-11(9)4-3-5-15)14(18)17-8-13-16-7-10(2)19-13/h6-7H,5,8,15H2,1-2H3,(H,17,18). The molecule has 2 aromatic heterocycles. The number of hydrogen-bond acceptors (Lipinski definition) is 5. The van der Waals surface area contributed by atoms with Crippen molar-refractivity contribution < 1.29 is 9.21 Å². The van der Waals surface area contributed by atoms with Crippen molar-refractivity contribution >= 4 is 17.2 Å². The van der Waals surface area contributed by atoms with Crippen LogP contribution in [0, 0.1) is 25.7 Å². The maximum atomic E-state index is 12.0. The quantitative estimate of drug-likeness (QED) is 0.841. The zero-order chi connectivity index (χ0) is 14.5. The van der Waals surface area contributed by atoms with Crippen molar-refractivity contribution in [1.29, 1.82) is 0 Å². The summed E-state index contributed by atoms with van der Waals surface area (Å²) in [5.41, 5.74) is 6.32. The summed E-state index contributed by atoms with van der Waals surface area (Å²) in [6.07, 6.45) is 1.62. The molecule has 2 rings (SSSR count). The molecule has 0 atom stereocenters. The number of hydrogen-bond donors (Lipinski definition) is 2. The minimum Gasteiger partial charge on any atom is -0.444 e. The number of oxazole rings is 1. The lowest BCUT2D eigenvalue weighted by Gasteiger charge is -1.99. The van der Waals surface area contributed by atoms with Crippen molar-refractivity contribution in [1.82, 2.24) is 10.3 Å². The molecule has 0 aliphatic carbocycles. The van der Waals surface area contributed by atoms with Crippen LogP contribution in [0.5, 0.6) is 0 Å². The topological polar surface area (TPSA) is 81.2 Å². The Balaban J connectivity index is 2.02. The number of nitrogens with zero attached hydrogens (tertiary/aromatic N) is 1. The Morgan fingerprint density at radius 3 is 3.00 bits per heavy atom. The van der Waals surface area contributed by atoms with Crippen LogP contribution in [0.15, 0.2) is 16.7 Å². The van der Waals surface area contributed by atoms with Crippen molar-refractivity contribution in [2.24, 2.45) is 5.73 Å². The van der Waals surface area contributed by atoms with E-state index in [4.69, 9.17) is 10.2 Å². The second kappa shape index (κ2) is 6.37. The predicted octanol–water partition coefficient (Wildman–Crippen LogP) is 1.59. The van der Waals surface area contributed by atoms with Crippen molar-refractivity contribution in [3.63, 3.8) is 0 Å². The minimum atomic E-state index is -0.158. The van der Waals surface area contributed by atoms with Crippen molar-refractivity contribution in [3.8, 4) is 11.8 Å². The van der Waals surface area contributed by atoms with Crippen LogP contribution in [-0.4, -0.2) is 17.4 Å². The van der Waals surface area contributed by atoms with E-state index in [1.165, 1.54) is 11.3 Å². The molecule has 20 heavy (non-hydrogen) atoms. The highest BCUT2D eigenvalue weighted by atomic mass is 32.1. The second-order valence-electron chi connectivity index (χ2n) is 4.18. The van der Waals surface area contributed by atoms with E-state index in [0.717, 1.165) is 16.2 Å². The molecular formula is C14H15N3O2S. The first-order valence-corrected chi connectivity index (χ1v) is 6.90. The Bertz CT molecular complexity index is 676. The third-order valence-corrected chi connectivity index (χ3v) is 3.67. The molecule has 0 unspecified atom stereocenters. The first kappa shape index (κ1) is 14.3. The van der Waals surface area contributed by atoms with Gasteiger partial charge in [0.2, 0.25) is 5.89 Å². The third-order valence-electron chi connectivity index (χ3n) is 2.51. The van der Waals surface area contributed by atoms with Crippen LogP contribution in [0.25, 0.3) is 0 Å². The highest BCUT2D eigenvalue weighted by Crippen LogP contribution is 2.20. The molecule has 0 spiro atoms. The predicted molar refractivity (Wildman–Crippen MR) is 77.4 cm³/mol. The van der Waals surface area contributed by atoms with Gasteiger partial charge < -0.3 is 15.5 Å². The highest BCUT2D eigenvalue weighted by molar-refractivity contribution is 7.14. The van der Waals surface area contributed by atoms with Gasteiger partial charge >= 0.3 is 0 Å². The van der Waals surface area contributed by atoms with E-state index in [-0.39, 0.29) is 12.5 Å². The van der Waals surface area contributed by atoms with Gasteiger partial charge in [0, 0.05) is 0 Å². The number of thiophene rings is 1. The van der Waals surface area contributed by atoms with Gasteiger partial charge in [-0.3, -0.25) is 4.79 Å². The van der Waals surface area contributed by atoms with Gasteiger partial charge in [0.1, 0.15) is 5.76 Å². The van der Waals surface area contributed by atoms with Crippen LogP contribution >= 0.6 is 11.3 Å². The van der Waals surface area contributed by atoms with Crippen LogP contribution in [0.1, 0.15) is 31.8 Å². The largest absolute Gasteiger partial charge is 0.444 e. The molecule has 0 bridgehead atoms. The summed E-state index contributed by atoms with van der Waals surface area (Å²) in [5, 5.41) is 2.77. The van der Waals surface area contributed by atoms with Gasteiger partial charge in [0.15, 0.2) is 0 Å². The van der Waals surface area contributed by atoms with E-state index in [2.05, 4.69) is 22.1 Å². The Labute approximate surface area is 121 Å². The number of amides is 1. The molecule has 0 aliphatic rings. The van der Waals surface area contributed by atoms with E-state index in [9.17, 15) is 4.79 Å². The van der Waals surface area contributed by atoms with Crippen LogP contribution in [0.4, 0.5) is 0 Å². The fraction of sp³-hybridized carbons (Fsp3) is 0.286. The maximum absolute atomic E-state index is 12.0. The van der Waals surface area contributed by atoms with E-state index >= 15 is 0 Å². The van der Waals surface area contributed by atoms with Gasteiger partial charge in [-0.15, -0.1) is 11.3 Å². The molecule has 104 valence electrons. The molecule has 2 aromatic rings. The smallest absolute Gasteiger partial charge is 0.261 e.